The van der Waals surface area contributed by atoms with Crippen LogP contribution in [0, 0.1) is 15.9 Å². The SMILES string of the molecule is O=[N+]([O-])c1c(F)ccc2[nH]ccc12. The molecule has 13 heavy (non-hydrogen) atoms. The van der Waals surface area contributed by atoms with Gasteiger partial charge in [0.1, 0.15) is 0 Å². The lowest BCUT2D eigenvalue weighted by atomic mass is 10.2. The van der Waals surface area contributed by atoms with E-state index in [-0.39, 0.29) is 0 Å². The molecule has 0 aliphatic carbocycles. The van der Waals surface area contributed by atoms with E-state index in [1.807, 2.05) is 0 Å². The Morgan fingerprint density at radius 2 is 2.15 bits per heavy atom. The van der Waals surface area contributed by atoms with Crippen LogP contribution in [0.15, 0.2) is 24.4 Å². The molecule has 4 nitrogen and oxygen atoms in total. The van der Waals surface area contributed by atoms with Gasteiger partial charge in [0.25, 0.3) is 0 Å². The number of fused-ring (bicyclic) bond motifs is 1. The van der Waals surface area contributed by atoms with E-state index in [9.17, 15) is 14.5 Å². The zero-order chi connectivity index (χ0) is 9.42. The Labute approximate surface area is 72.1 Å². The largest absolute Gasteiger partial charge is 0.361 e. The Kier molecular flexibility index (Phi) is 1.51. The van der Waals surface area contributed by atoms with E-state index in [4.69, 9.17) is 0 Å². The van der Waals surface area contributed by atoms with Crippen molar-refractivity contribution in [3.05, 3.63) is 40.3 Å². The summed E-state index contributed by atoms with van der Waals surface area (Å²) < 4.78 is 13.0. The Hall–Kier alpha value is -1.91. The molecule has 1 N–H and O–H groups in total. The number of rotatable bonds is 1. The second-order valence-corrected chi connectivity index (χ2v) is 2.59. The van der Waals surface area contributed by atoms with E-state index in [0.29, 0.717) is 10.9 Å². The number of aromatic amines is 1. The van der Waals surface area contributed by atoms with Crippen LogP contribution in [-0.4, -0.2) is 9.91 Å². The molecule has 0 saturated heterocycles. The van der Waals surface area contributed by atoms with Crippen molar-refractivity contribution >= 4 is 16.6 Å². The van der Waals surface area contributed by atoms with Gasteiger partial charge < -0.3 is 4.98 Å². The molecule has 0 fully saturated rings. The molecular formula is C8H5FN2O2. The van der Waals surface area contributed by atoms with Crippen LogP contribution < -0.4 is 0 Å². The van der Waals surface area contributed by atoms with E-state index in [2.05, 4.69) is 4.98 Å². The van der Waals surface area contributed by atoms with Crippen molar-refractivity contribution in [1.82, 2.24) is 4.98 Å². The molecule has 0 spiro atoms. The van der Waals surface area contributed by atoms with Crippen molar-refractivity contribution in [3.8, 4) is 0 Å². The minimum absolute atomic E-state index is 0.296. The van der Waals surface area contributed by atoms with Crippen LogP contribution in [0.3, 0.4) is 0 Å². The Balaban J connectivity index is 2.88. The monoisotopic (exact) mass is 180 g/mol. The number of hydrogen-bond acceptors (Lipinski definition) is 2. The van der Waals surface area contributed by atoms with Crippen LogP contribution in [-0.2, 0) is 0 Å². The molecule has 0 radical (unpaired) electrons. The summed E-state index contributed by atoms with van der Waals surface area (Å²) in [5.41, 5.74) is 0.0897. The van der Waals surface area contributed by atoms with E-state index < -0.39 is 16.4 Å². The lowest BCUT2D eigenvalue weighted by molar-refractivity contribution is -0.385. The summed E-state index contributed by atoms with van der Waals surface area (Å²) in [4.78, 5) is 12.5. The maximum Gasteiger partial charge on any atom is 0.314 e. The Morgan fingerprint density at radius 1 is 1.38 bits per heavy atom. The van der Waals surface area contributed by atoms with Crippen LogP contribution in [0.1, 0.15) is 0 Å². The van der Waals surface area contributed by atoms with E-state index in [1.165, 1.54) is 18.3 Å². The Bertz CT molecular complexity index is 478. The number of benzene rings is 1. The first kappa shape index (κ1) is 7.72. The van der Waals surface area contributed by atoms with Gasteiger partial charge in [-0.15, -0.1) is 0 Å². The van der Waals surface area contributed by atoms with Crippen LogP contribution >= 0.6 is 0 Å². The van der Waals surface area contributed by atoms with Crippen molar-refractivity contribution in [2.24, 2.45) is 0 Å². The molecule has 0 amide bonds. The number of nitro groups is 1. The molecular weight excluding hydrogens is 175 g/mol. The summed E-state index contributed by atoms with van der Waals surface area (Å²) in [5, 5.41) is 10.8. The number of aromatic nitrogens is 1. The predicted octanol–water partition coefficient (Wildman–Crippen LogP) is 2.22. The van der Waals surface area contributed by atoms with E-state index >= 15 is 0 Å². The first-order valence-electron chi connectivity index (χ1n) is 3.60. The number of nitrogens with zero attached hydrogens (tertiary/aromatic N) is 1. The fourth-order valence-electron chi connectivity index (χ4n) is 1.28. The average Bonchev–Trinajstić information content (AvgIpc) is 2.50. The molecule has 0 atom stereocenters. The van der Waals surface area contributed by atoms with Gasteiger partial charge in [-0.05, 0) is 18.2 Å². The highest BCUT2D eigenvalue weighted by atomic mass is 19.1. The first-order chi connectivity index (χ1) is 6.20. The van der Waals surface area contributed by atoms with E-state index in [1.54, 1.807) is 0 Å². The summed E-state index contributed by atoms with van der Waals surface area (Å²) in [6.07, 6.45) is 1.54. The second-order valence-electron chi connectivity index (χ2n) is 2.59. The van der Waals surface area contributed by atoms with Crippen molar-refractivity contribution in [2.75, 3.05) is 0 Å². The van der Waals surface area contributed by atoms with Crippen LogP contribution in [0.5, 0.6) is 0 Å². The number of nitro benzene ring substituents is 1. The number of H-pyrrole nitrogens is 1. The second kappa shape index (κ2) is 2.55. The standard InChI is InChI=1S/C8H5FN2O2/c9-6-1-2-7-5(3-4-10-7)8(6)11(12)13/h1-4,10H. The third kappa shape index (κ3) is 1.05. The lowest BCUT2D eigenvalue weighted by Gasteiger charge is -1.94. The predicted molar refractivity (Wildman–Crippen MR) is 44.9 cm³/mol. The van der Waals surface area contributed by atoms with Gasteiger partial charge in [0, 0.05) is 6.20 Å². The van der Waals surface area contributed by atoms with Crippen LogP contribution in [0.4, 0.5) is 10.1 Å². The summed E-state index contributed by atoms with van der Waals surface area (Å²) in [6.45, 7) is 0. The highest BCUT2D eigenvalue weighted by molar-refractivity contribution is 5.88. The maximum atomic E-state index is 13.0. The maximum absolute atomic E-state index is 13.0. The molecule has 0 bridgehead atoms. The minimum Gasteiger partial charge on any atom is -0.361 e. The molecule has 0 aliphatic heterocycles. The highest BCUT2D eigenvalue weighted by Gasteiger charge is 2.18. The number of halogens is 1. The van der Waals surface area contributed by atoms with Gasteiger partial charge >= 0.3 is 5.69 Å². The normalized spacial score (nSPS) is 10.5. The average molecular weight is 180 g/mol. The Morgan fingerprint density at radius 3 is 2.85 bits per heavy atom. The molecule has 1 heterocycles. The summed E-state index contributed by atoms with van der Waals surface area (Å²) in [6, 6.07) is 4.03. The zero-order valence-electron chi connectivity index (χ0n) is 6.45. The third-order valence-electron chi connectivity index (χ3n) is 1.84. The first-order valence-corrected chi connectivity index (χ1v) is 3.60. The molecule has 1 aromatic heterocycles. The molecule has 0 aliphatic rings. The van der Waals surface area contributed by atoms with Gasteiger partial charge in [-0.3, -0.25) is 10.1 Å². The van der Waals surface area contributed by atoms with Gasteiger partial charge in [-0.25, -0.2) is 0 Å². The molecule has 5 heteroatoms. The lowest BCUT2D eigenvalue weighted by Crippen LogP contribution is -1.92. The molecule has 0 unspecified atom stereocenters. The van der Waals surface area contributed by atoms with Crippen LogP contribution in [0.2, 0.25) is 0 Å². The fourth-order valence-corrected chi connectivity index (χ4v) is 1.28. The fraction of sp³-hybridized carbons (Fsp3) is 0. The molecule has 1 aromatic carbocycles. The van der Waals surface area contributed by atoms with Crippen molar-refractivity contribution in [2.45, 2.75) is 0 Å². The van der Waals surface area contributed by atoms with Crippen LogP contribution in [0.25, 0.3) is 10.9 Å². The highest BCUT2D eigenvalue weighted by Crippen LogP contribution is 2.27. The van der Waals surface area contributed by atoms with Gasteiger partial charge in [0.15, 0.2) is 0 Å². The van der Waals surface area contributed by atoms with Crippen molar-refractivity contribution in [3.63, 3.8) is 0 Å². The van der Waals surface area contributed by atoms with Crippen molar-refractivity contribution in [1.29, 1.82) is 0 Å². The molecule has 2 aromatic rings. The quantitative estimate of drug-likeness (QED) is 0.540. The molecule has 2 rings (SSSR count). The van der Waals surface area contributed by atoms with E-state index in [0.717, 1.165) is 6.07 Å². The molecule has 0 saturated carbocycles. The minimum atomic E-state index is -0.808. The van der Waals surface area contributed by atoms with Crippen molar-refractivity contribution < 1.29 is 9.31 Å². The molecule has 66 valence electrons. The summed E-state index contributed by atoms with van der Waals surface area (Å²) in [7, 11) is 0. The number of nitrogens with one attached hydrogen (secondary N) is 1. The van der Waals surface area contributed by atoms with Gasteiger partial charge in [0.05, 0.1) is 15.8 Å². The third-order valence-corrected chi connectivity index (χ3v) is 1.84. The topological polar surface area (TPSA) is 58.9 Å². The van der Waals surface area contributed by atoms with Gasteiger partial charge in [0.2, 0.25) is 5.82 Å². The smallest absolute Gasteiger partial charge is 0.314 e. The summed E-state index contributed by atoms with van der Waals surface area (Å²) in [5.74, 6) is -0.808. The number of hydrogen-bond donors (Lipinski definition) is 1. The summed E-state index contributed by atoms with van der Waals surface area (Å²) >= 11 is 0. The van der Waals surface area contributed by atoms with Gasteiger partial charge in [-0.1, -0.05) is 0 Å². The zero-order valence-corrected chi connectivity index (χ0v) is 6.45. The van der Waals surface area contributed by atoms with Gasteiger partial charge in [-0.2, -0.15) is 4.39 Å².